The fourth-order valence-electron chi connectivity index (χ4n) is 1.73. The Morgan fingerprint density at radius 1 is 1.06 bits per heavy atom. The minimum Gasteiger partial charge on any atom is -0.298 e. The third-order valence-corrected chi connectivity index (χ3v) is 2.74. The second-order valence-corrected chi connectivity index (χ2v) is 4.01. The van der Waals surface area contributed by atoms with Crippen molar-refractivity contribution in [1.29, 1.82) is 0 Å². The molecule has 0 saturated heterocycles. The number of nitro benzene ring substituents is 1. The van der Waals surface area contributed by atoms with Crippen LogP contribution in [0.3, 0.4) is 0 Å². The van der Waals surface area contributed by atoms with E-state index in [0.29, 0.717) is 6.29 Å². The Bertz CT molecular complexity index is 603. The maximum Gasteiger partial charge on any atom is 0.280 e. The second-order valence-electron chi connectivity index (χ2n) is 4.01. The lowest BCUT2D eigenvalue weighted by molar-refractivity contribution is -0.385. The Labute approximate surface area is 104 Å². The predicted octanol–water partition coefficient (Wildman–Crippen LogP) is 3.38. The van der Waals surface area contributed by atoms with E-state index in [0.717, 1.165) is 16.7 Å². The zero-order chi connectivity index (χ0) is 13.1. The zero-order valence-electron chi connectivity index (χ0n) is 9.79. The van der Waals surface area contributed by atoms with E-state index >= 15 is 0 Å². The van der Waals surface area contributed by atoms with Gasteiger partial charge in [0.1, 0.15) is 0 Å². The van der Waals surface area contributed by atoms with E-state index in [-0.39, 0.29) is 11.3 Å². The number of nitro groups is 1. The molecule has 2 aromatic rings. The average molecular weight is 241 g/mol. The molecule has 0 atom stereocenters. The molecule has 0 unspecified atom stereocenters. The highest BCUT2D eigenvalue weighted by Crippen LogP contribution is 2.26. The lowest BCUT2D eigenvalue weighted by Gasteiger charge is -2.03. The van der Waals surface area contributed by atoms with Crippen LogP contribution in [0.25, 0.3) is 11.1 Å². The summed E-state index contributed by atoms with van der Waals surface area (Å²) in [6, 6.07) is 12.3. The van der Waals surface area contributed by atoms with Gasteiger partial charge in [-0.25, -0.2) is 0 Å². The number of nitrogens with zero attached hydrogens (tertiary/aromatic N) is 1. The fourth-order valence-corrected chi connectivity index (χ4v) is 1.73. The number of rotatable bonds is 3. The van der Waals surface area contributed by atoms with Gasteiger partial charge in [-0.2, -0.15) is 0 Å². The van der Waals surface area contributed by atoms with Crippen molar-refractivity contribution in [2.75, 3.05) is 0 Å². The van der Waals surface area contributed by atoms with Crippen LogP contribution in [-0.4, -0.2) is 11.2 Å². The molecule has 2 aromatic carbocycles. The van der Waals surface area contributed by atoms with Crippen molar-refractivity contribution in [2.24, 2.45) is 0 Å². The molecule has 0 heterocycles. The summed E-state index contributed by atoms with van der Waals surface area (Å²) in [6.07, 6.45) is 0.497. The van der Waals surface area contributed by atoms with Crippen molar-refractivity contribution in [2.45, 2.75) is 6.92 Å². The minimum absolute atomic E-state index is 0.0934. The van der Waals surface area contributed by atoms with Crippen molar-refractivity contribution < 1.29 is 9.72 Å². The van der Waals surface area contributed by atoms with Crippen LogP contribution in [0.4, 0.5) is 5.69 Å². The van der Waals surface area contributed by atoms with Gasteiger partial charge in [0.15, 0.2) is 6.29 Å². The number of hydrogen-bond donors (Lipinski definition) is 0. The van der Waals surface area contributed by atoms with Crippen molar-refractivity contribution in [3.8, 4) is 11.1 Å². The first-order valence-corrected chi connectivity index (χ1v) is 5.42. The van der Waals surface area contributed by atoms with E-state index in [2.05, 4.69) is 0 Å². The summed E-state index contributed by atoms with van der Waals surface area (Å²) in [7, 11) is 0. The predicted molar refractivity (Wildman–Crippen MR) is 68.7 cm³/mol. The molecule has 0 bridgehead atoms. The maximum atomic E-state index is 10.9. The number of aryl methyl sites for hydroxylation is 1. The molecule has 0 aliphatic rings. The minimum atomic E-state index is -0.540. The normalized spacial score (nSPS) is 10.1. The SMILES string of the molecule is Cc1ccc(-c2ccc(C=O)c([N+](=O)[O-])c2)cc1. The van der Waals surface area contributed by atoms with Gasteiger partial charge in [0.05, 0.1) is 10.5 Å². The van der Waals surface area contributed by atoms with Crippen LogP contribution in [0, 0.1) is 17.0 Å². The van der Waals surface area contributed by atoms with E-state index < -0.39 is 4.92 Å². The molecule has 0 saturated carbocycles. The van der Waals surface area contributed by atoms with Gasteiger partial charge in [0.2, 0.25) is 0 Å². The van der Waals surface area contributed by atoms with Crippen LogP contribution in [0.5, 0.6) is 0 Å². The molecular weight excluding hydrogens is 230 g/mol. The maximum absolute atomic E-state index is 10.9. The third-order valence-electron chi connectivity index (χ3n) is 2.74. The molecule has 0 spiro atoms. The number of benzene rings is 2. The monoisotopic (exact) mass is 241 g/mol. The summed E-state index contributed by atoms with van der Waals surface area (Å²) in [5.74, 6) is 0. The van der Waals surface area contributed by atoms with Gasteiger partial charge in [0, 0.05) is 6.07 Å². The highest BCUT2D eigenvalue weighted by molar-refractivity contribution is 5.83. The number of aldehydes is 1. The molecular formula is C14H11NO3. The van der Waals surface area contributed by atoms with Crippen LogP contribution in [-0.2, 0) is 0 Å². The topological polar surface area (TPSA) is 60.2 Å². The summed E-state index contributed by atoms with van der Waals surface area (Å²) in [4.78, 5) is 21.0. The van der Waals surface area contributed by atoms with Gasteiger partial charge in [0.25, 0.3) is 5.69 Å². The molecule has 90 valence electrons. The standard InChI is InChI=1S/C14H11NO3/c1-10-2-4-11(5-3-10)12-6-7-13(9-16)14(8-12)15(17)18/h2-9H,1H3. The van der Waals surface area contributed by atoms with Crippen molar-refractivity contribution in [3.63, 3.8) is 0 Å². The van der Waals surface area contributed by atoms with Gasteiger partial charge in [-0.3, -0.25) is 14.9 Å². The summed E-state index contributed by atoms with van der Waals surface area (Å²) in [5, 5.41) is 10.9. The molecule has 4 heteroatoms. The Balaban J connectivity index is 2.53. The van der Waals surface area contributed by atoms with E-state index in [4.69, 9.17) is 0 Å². The van der Waals surface area contributed by atoms with Gasteiger partial charge < -0.3 is 0 Å². The average Bonchev–Trinajstić information content (AvgIpc) is 2.39. The molecule has 18 heavy (non-hydrogen) atoms. The van der Waals surface area contributed by atoms with Crippen molar-refractivity contribution in [3.05, 3.63) is 63.7 Å². The molecule has 4 nitrogen and oxygen atoms in total. The summed E-state index contributed by atoms with van der Waals surface area (Å²) in [5.41, 5.74) is 2.67. The Kier molecular flexibility index (Phi) is 3.19. The number of carbonyl (C=O) groups excluding carboxylic acids is 1. The van der Waals surface area contributed by atoms with Crippen molar-refractivity contribution >= 4 is 12.0 Å². The molecule has 0 N–H and O–H groups in total. The van der Waals surface area contributed by atoms with Gasteiger partial charge in [-0.15, -0.1) is 0 Å². The quantitative estimate of drug-likeness (QED) is 0.470. The van der Waals surface area contributed by atoms with Crippen LogP contribution in [0.1, 0.15) is 15.9 Å². The second kappa shape index (κ2) is 4.79. The van der Waals surface area contributed by atoms with Crippen LogP contribution < -0.4 is 0 Å². The summed E-state index contributed by atoms with van der Waals surface area (Å²) >= 11 is 0. The first kappa shape index (κ1) is 12.0. The largest absolute Gasteiger partial charge is 0.298 e. The molecule has 0 radical (unpaired) electrons. The highest BCUT2D eigenvalue weighted by atomic mass is 16.6. The van der Waals surface area contributed by atoms with Crippen LogP contribution in [0.2, 0.25) is 0 Å². The molecule has 0 amide bonds. The van der Waals surface area contributed by atoms with E-state index in [1.54, 1.807) is 6.07 Å². The Morgan fingerprint density at radius 2 is 1.67 bits per heavy atom. The van der Waals surface area contributed by atoms with Gasteiger partial charge in [-0.1, -0.05) is 35.9 Å². The van der Waals surface area contributed by atoms with E-state index in [1.165, 1.54) is 12.1 Å². The van der Waals surface area contributed by atoms with Crippen molar-refractivity contribution in [1.82, 2.24) is 0 Å². The molecule has 0 aliphatic heterocycles. The Hall–Kier alpha value is -2.49. The number of carbonyl (C=O) groups is 1. The van der Waals surface area contributed by atoms with Gasteiger partial charge in [-0.05, 0) is 24.1 Å². The first-order valence-electron chi connectivity index (χ1n) is 5.42. The first-order chi connectivity index (χ1) is 8.61. The lowest BCUT2D eigenvalue weighted by Crippen LogP contribution is -1.94. The zero-order valence-corrected chi connectivity index (χ0v) is 9.79. The lowest BCUT2D eigenvalue weighted by atomic mass is 10.0. The van der Waals surface area contributed by atoms with Crippen LogP contribution in [0.15, 0.2) is 42.5 Å². The summed E-state index contributed by atoms with van der Waals surface area (Å²) in [6.45, 7) is 1.97. The van der Waals surface area contributed by atoms with E-state index in [1.807, 2.05) is 31.2 Å². The fraction of sp³-hybridized carbons (Fsp3) is 0.0714. The molecule has 0 fully saturated rings. The van der Waals surface area contributed by atoms with E-state index in [9.17, 15) is 14.9 Å². The number of hydrogen-bond acceptors (Lipinski definition) is 3. The highest BCUT2D eigenvalue weighted by Gasteiger charge is 2.14. The molecule has 2 rings (SSSR count). The molecule has 0 aromatic heterocycles. The molecule has 0 aliphatic carbocycles. The van der Waals surface area contributed by atoms with Gasteiger partial charge >= 0.3 is 0 Å². The third kappa shape index (κ3) is 2.27. The summed E-state index contributed by atoms with van der Waals surface area (Å²) < 4.78 is 0. The Morgan fingerprint density at radius 3 is 2.22 bits per heavy atom. The van der Waals surface area contributed by atoms with Crippen LogP contribution >= 0.6 is 0 Å². The smallest absolute Gasteiger partial charge is 0.280 e.